The second kappa shape index (κ2) is 11.2. The molecule has 182 valence electrons. The van der Waals surface area contributed by atoms with Crippen molar-refractivity contribution < 1.29 is 19.0 Å². The number of aryl methyl sites for hydroxylation is 1. The maximum absolute atomic E-state index is 13.1. The highest BCUT2D eigenvalue weighted by atomic mass is 35.5. The Morgan fingerprint density at radius 1 is 1.11 bits per heavy atom. The van der Waals surface area contributed by atoms with Crippen molar-refractivity contribution in [3.05, 3.63) is 65.7 Å². The molecule has 11 heteroatoms. The average molecular weight is 497 g/mol. The summed E-state index contributed by atoms with van der Waals surface area (Å²) in [5, 5.41) is 8.20. The molecule has 0 bridgehead atoms. The van der Waals surface area contributed by atoms with Gasteiger partial charge >= 0.3 is 0 Å². The molecule has 1 amide bonds. The van der Waals surface area contributed by atoms with E-state index in [0.29, 0.717) is 34.2 Å². The number of carbonyl (C=O) groups is 1. The van der Waals surface area contributed by atoms with E-state index in [-0.39, 0.29) is 18.6 Å². The lowest BCUT2D eigenvalue weighted by molar-refractivity contribution is -0.127. The second-order valence-electron chi connectivity index (χ2n) is 7.84. The first-order valence-electron chi connectivity index (χ1n) is 10.9. The van der Waals surface area contributed by atoms with Crippen molar-refractivity contribution in [2.24, 2.45) is 0 Å². The van der Waals surface area contributed by atoms with E-state index in [9.17, 15) is 4.79 Å². The van der Waals surface area contributed by atoms with E-state index < -0.39 is 12.0 Å². The molecule has 0 aliphatic heterocycles. The summed E-state index contributed by atoms with van der Waals surface area (Å²) >= 11 is 6.34. The van der Waals surface area contributed by atoms with Crippen LogP contribution in [0.1, 0.15) is 12.5 Å². The van der Waals surface area contributed by atoms with Gasteiger partial charge in [0.25, 0.3) is 5.91 Å². The Balaban J connectivity index is 1.61. The zero-order valence-electron chi connectivity index (χ0n) is 19.5. The minimum absolute atomic E-state index is 0.0353. The maximum Gasteiger partial charge on any atom is 0.269 e. The van der Waals surface area contributed by atoms with Crippen LogP contribution in [0.25, 0.3) is 16.7 Å². The number of hydrogen-bond donors (Lipinski definition) is 1. The van der Waals surface area contributed by atoms with Crippen molar-refractivity contribution in [1.29, 1.82) is 0 Å². The number of amides is 1. The fourth-order valence-electron chi connectivity index (χ4n) is 3.30. The lowest BCUT2D eigenvalue weighted by Crippen LogP contribution is -2.38. The summed E-state index contributed by atoms with van der Waals surface area (Å²) in [4.78, 5) is 25.9. The number of nitrogens with one attached hydrogen (secondary N) is 1. The van der Waals surface area contributed by atoms with Gasteiger partial charge in [-0.15, -0.1) is 0 Å². The molecule has 0 saturated carbocycles. The highest BCUT2D eigenvalue weighted by Gasteiger charge is 2.25. The molecule has 1 N–H and O–H groups in total. The number of benzene rings is 1. The number of methoxy groups -OCH3 is 1. The van der Waals surface area contributed by atoms with E-state index in [1.807, 2.05) is 38.1 Å². The van der Waals surface area contributed by atoms with Crippen LogP contribution in [0.3, 0.4) is 0 Å². The van der Waals surface area contributed by atoms with Crippen molar-refractivity contribution in [2.45, 2.75) is 26.1 Å². The highest BCUT2D eigenvalue weighted by Crippen LogP contribution is 2.27. The number of hydrogen-bond acceptors (Lipinski definition) is 8. The standard InChI is InChI=1S/C24H25ClN6O4/c1-15-8-9-21(26-10-15)30-23(32)20(13-34-16(2)12-33-3)35-24-17-11-29-31(22(17)27-14-28-24)19-7-5-4-6-18(19)25/h4-11,14,16,20H,12-13H2,1-3H3,(H,26,30,32)/t16-,20-/m0/s1. The number of anilines is 1. The molecular formula is C24H25ClN6O4. The third kappa shape index (κ3) is 5.91. The number of pyridine rings is 1. The predicted octanol–water partition coefficient (Wildman–Crippen LogP) is 3.61. The number of carbonyl (C=O) groups excluding carboxylic acids is 1. The fourth-order valence-corrected chi connectivity index (χ4v) is 3.51. The molecule has 1 aromatic carbocycles. The molecule has 3 heterocycles. The van der Waals surface area contributed by atoms with Crippen molar-refractivity contribution >= 4 is 34.4 Å². The van der Waals surface area contributed by atoms with Crippen LogP contribution in [0.2, 0.25) is 5.02 Å². The molecule has 3 aromatic heterocycles. The Bertz CT molecular complexity index is 1300. The molecule has 0 fully saturated rings. The molecule has 0 radical (unpaired) electrons. The predicted molar refractivity (Wildman–Crippen MR) is 131 cm³/mol. The lowest BCUT2D eigenvalue weighted by Gasteiger charge is -2.20. The third-order valence-corrected chi connectivity index (χ3v) is 5.37. The topological polar surface area (TPSA) is 113 Å². The summed E-state index contributed by atoms with van der Waals surface area (Å²) in [6, 6.07) is 10.8. The van der Waals surface area contributed by atoms with Crippen LogP contribution in [-0.2, 0) is 14.3 Å². The second-order valence-corrected chi connectivity index (χ2v) is 8.25. The van der Waals surface area contributed by atoms with Crippen LogP contribution in [0.4, 0.5) is 5.82 Å². The van der Waals surface area contributed by atoms with E-state index in [0.717, 1.165) is 5.56 Å². The first-order chi connectivity index (χ1) is 17.0. The molecule has 2 atom stereocenters. The normalized spacial score (nSPS) is 12.9. The molecule has 0 unspecified atom stereocenters. The summed E-state index contributed by atoms with van der Waals surface area (Å²) in [6.07, 6.45) is 3.31. The molecule has 0 aliphatic rings. The van der Waals surface area contributed by atoms with E-state index >= 15 is 0 Å². The third-order valence-electron chi connectivity index (χ3n) is 5.05. The number of halogens is 1. The molecule has 10 nitrogen and oxygen atoms in total. The first-order valence-corrected chi connectivity index (χ1v) is 11.3. The lowest BCUT2D eigenvalue weighted by atomic mass is 10.3. The minimum atomic E-state index is -1.03. The van der Waals surface area contributed by atoms with Crippen LogP contribution >= 0.6 is 11.6 Å². The number of ether oxygens (including phenoxy) is 3. The number of fused-ring (bicyclic) bond motifs is 1. The van der Waals surface area contributed by atoms with Crippen LogP contribution in [-0.4, -0.2) is 63.2 Å². The van der Waals surface area contributed by atoms with Gasteiger partial charge in [0, 0.05) is 13.3 Å². The molecule has 0 spiro atoms. The maximum atomic E-state index is 13.1. The Kier molecular flexibility index (Phi) is 7.86. The van der Waals surface area contributed by atoms with Crippen molar-refractivity contribution in [2.75, 3.05) is 25.6 Å². The van der Waals surface area contributed by atoms with Gasteiger partial charge in [0.2, 0.25) is 12.0 Å². The Labute approximate surface area is 207 Å². The SMILES string of the molecule is COC[C@H](C)OC[C@H](Oc1ncnc2c1cnn2-c1ccccc1Cl)C(=O)Nc1ccc(C)cn1. The number of aromatic nitrogens is 5. The molecule has 0 aliphatic carbocycles. The number of nitrogens with zero attached hydrogens (tertiary/aromatic N) is 5. The first kappa shape index (κ1) is 24.5. The minimum Gasteiger partial charge on any atom is -0.461 e. The summed E-state index contributed by atoms with van der Waals surface area (Å²) in [7, 11) is 1.58. The van der Waals surface area contributed by atoms with Crippen LogP contribution < -0.4 is 10.1 Å². The number of para-hydroxylation sites is 1. The van der Waals surface area contributed by atoms with Gasteiger partial charge in [0.05, 0.1) is 36.2 Å². The van der Waals surface area contributed by atoms with E-state index in [1.54, 1.807) is 36.3 Å². The molecule has 4 rings (SSSR count). The van der Waals surface area contributed by atoms with Gasteiger partial charge < -0.3 is 19.5 Å². The van der Waals surface area contributed by atoms with Crippen molar-refractivity contribution in [3.8, 4) is 11.6 Å². The zero-order valence-corrected chi connectivity index (χ0v) is 20.3. The van der Waals surface area contributed by atoms with Crippen LogP contribution in [0.15, 0.2) is 55.1 Å². The van der Waals surface area contributed by atoms with Crippen molar-refractivity contribution in [1.82, 2.24) is 24.7 Å². The summed E-state index contributed by atoms with van der Waals surface area (Å²) in [5.74, 6) is 0.156. The van der Waals surface area contributed by atoms with E-state index in [4.69, 9.17) is 25.8 Å². The molecule has 4 aromatic rings. The highest BCUT2D eigenvalue weighted by molar-refractivity contribution is 6.32. The Morgan fingerprint density at radius 3 is 2.69 bits per heavy atom. The van der Waals surface area contributed by atoms with Gasteiger partial charge in [0.15, 0.2) is 5.65 Å². The van der Waals surface area contributed by atoms with Gasteiger partial charge in [0.1, 0.15) is 17.5 Å². The molecular weight excluding hydrogens is 472 g/mol. The van der Waals surface area contributed by atoms with Gasteiger partial charge in [-0.05, 0) is 37.6 Å². The summed E-state index contributed by atoms with van der Waals surface area (Å²) in [6.45, 7) is 4.10. The monoisotopic (exact) mass is 496 g/mol. The van der Waals surface area contributed by atoms with Crippen LogP contribution in [0, 0.1) is 6.92 Å². The van der Waals surface area contributed by atoms with Crippen LogP contribution in [0.5, 0.6) is 5.88 Å². The van der Waals surface area contributed by atoms with E-state index in [2.05, 4.69) is 25.4 Å². The molecule has 35 heavy (non-hydrogen) atoms. The Morgan fingerprint density at radius 2 is 1.94 bits per heavy atom. The largest absolute Gasteiger partial charge is 0.461 e. The average Bonchev–Trinajstić information content (AvgIpc) is 3.28. The fraction of sp³-hybridized carbons (Fsp3) is 0.292. The quantitative estimate of drug-likeness (QED) is 0.354. The zero-order chi connectivity index (χ0) is 24.8. The van der Waals surface area contributed by atoms with Gasteiger partial charge in [-0.25, -0.2) is 19.6 Å². The van der Waals surface area contributed by atoms with E-state index in [1.165, 1.54) is 6.33 Å². The van der Waals surface area contributed by atoms with Gasteiger partial charge in [-0.3, -0.25) is 4.79 Å². The smallest absolute Gasteiger partial charge is 0.269 e. The molecule has 0 saturated heterocycles. The van der Waals surface area contributed by atoms with Gasteiger partial charge in [-0.2, -0.15) is 5.10 Å². The summed E-state index contributed by atoms with van der Waals surface area (Å²) < 4.78 is 18.5. The summed E-state index contributed by atoms with van der Waals surface area (Å²) in [5.41, 5.74) is 2.12. The van der Waals surface area contributed by atoms with Gasteiger partial charge in [-0.1, -0.05) is 29.8 Å². The number of rotatable bonds is 10. The Hall–Kier alpha value is -3.60. The van der Waals surface area contributed by atoms with Crippen molar-refractivity contribution in [3.63, 3.8) is 0 Å².